The zero-order valence-corrected chi connectivity index (χ0v) is 9.07. The van der Waals surface area contributed by atoms with Crippen molar-refractivity contribution in [1.29, 1.82) is 0 Å². The zero-order valence-electron chi connectivity index (χ0n) is 9.07. The highest BCUT2D eigenvalue weighted by Gasteiger charge is 2.38. The molecule has 1 aromatic carbocycles. The fourth-order valence-corrected chi connectivity index (χ4v) is 0.951. The first kappa shape index (κ1) is 15.4. The molecule has 0 unspecified atom stereocenters. The molecular weight excluding hydrogens is 235 g/mol. The van der Waals surface area contributed by atoms with Gasteiger partial charge in [0.1, 0.15) is 0 Å². The lowest BCUT2D eigenvalue weighted by molar-refractivity contribution is -0.192. The normalized spacial score (nSPS) is 10.4. The molecule has 0 aliphatic rings. The molecule has 0 saturated heterocycles. The number of halogens is 3. The number of rotatable bonds is 3. The van der Waals surface area contributed by atoms with Crippen molar-refractivity contribution in [3.05, 3.63) is 35.9 Å². The van der Waals surface area contributed by atoms with E-state index in [2.05, 4.69) is 24.3 Å². The molecular formula is C11H14F3NO2. The minimum atomic E-state index is -5.08. The average Bonchev–Trinajstić information content (AvgIpc) is 2.27. The molecule has 0 heterocycles. The topological polar surface area (TPSA) is 63.3 Å². The largest absolute Gasteiger partial charge is 0.490 e. The summed E-state index contributed by atoms with van der Waals surface area (Å²) in [5.41, 5.74) is 6.76. The van der Waals surface area contributed by atoms with Crippen molar-refractivity contribution in [3.8, 4) is 0 Å². The maximum absolute atomic E-state index is 10.6. The molecule has 0 saturated carbocycles. The number of aryl methyl sites for hydroxylation is 1. The Morgan fingerprint density at radius 2 is 1.71 bits per heavy atom. The third-order valence-electron chi connectivity index (χ3n) is 1.75. The van der Waals surface area contributed by atoms with Crippen LogP contribution < -0.4 is 5.73 Å². The van der Waals surface area contributed by atoms with Gasteiger partial charge >= 0.3 is 12.1 Å². The summed E-state index contributed by atoms with van der Waals surface area (Å²) in [6.45, 7) is 0.787. The second kappa shape index (κ2) is 7.67. The van der Waals surface area contributed by atoms with Crippen LogP contribution in [0.5, 0.6) is 0 Å². The average molecular weight is 249 g/mol. The van der Waals surface area contributed by atoms with Gasteiger partial charge in [-0.15, -0.1) is 0 Å². The first-order valence-corrected chi connectivity index (χ1v) is 4.92. The number of hydrogen-bond acceptors (Lipinski definition) is 2. The highest BCUT2D eigenvalue weighted by Crippen LogP contribution is 2.13. The Hall–Kier alpha value is -1.56. The molecule has 0 aliphatic heterocycles. The highest BCUT2D eigenvalue weighted by atomic mass is 19.4. The van der Waals surface area contributed by atoms with E-state index in [1.807, 2.05) is 6.07 Å². The molecule has 0 bridgehead atoms. The van der Waals surface area contributed by atoms with Crippen LogP contribution >= 0.6 is 0 Å². The fourth-order valence-electron chi connectivity index (χ4n) is 0.951. The molecule has 3 nitrogen and oxygen atoms in total. The van der Waals surface area contributed by atoms with Gasteiger partial charge in [-0.3, -0.25) is 0 Å². The van der Waals surface area contributed by atoms with Gasteiger partial charge in [0.25, 0.3) is 0 Å². The predicted molar refractivity (Wildman–Crippen MR) is 57.5 cm³/mol. The van der Waals surface area contributed by atoms with Gasteiger partial charge in [-0.1, -0.05) is 30.3 Å². The Kier molecular flexibility index (Phi) is 6.97. The molecule has 0 amide bonds. The Morgan fingerprint density at radius 1 is 1.24 bits per heavy atom. The summed E-state index contributed by atoms with van der Waals surface area (Å²) in [7, 11) is 0. The number of benzene rings is 1. The summed E-state index contributed by atoms with van der Waals surface area (Å²) in [5, 5.41) is 7.12. The van der Waals surface area contributed by atoms with Crippen LogP contribution in [0.25, 0.3) is 0 Å². The van der Waals surface area contributed by atoms with Gasteiger partial charge in [-0.2, -0.15) is 13.2 Å². The van der Waals surface area contributed by atoms with E-state index in [1.165, 1.54) is 5.56 Å². The molecule has 0 radical (unpaired) electrons. The molecule has 6 heteroatoms. The van der Waals surface area contributed by atoms with Crippen molar-refractivity contribution in [1.82, 2.24) is 0 Å². The second-order valence-corrected chi connectivity index (χ2v) is 3.18. The van der Waals surface area contributed by atoms with E-state index in [0.29, 0.717) is 0 Å². The van der Waals surface area contributed by atoms with Gasteiger partial charge in [0.2, 0.25) is 0 Å². The van der Waals surface area contributed by atoms with Gasteiger partial charge in [0, 0.05) is 0 Å². The van der Waals surface area contributed by atoms with E-state index in [9.17, 15) is 13.2 Å². The molecule has 1 rings (SSSR count). The molecule has 0 fully saturated rings. The van der Waals surface area contributed by atoms with E-state index in [1.54, 1.807) is 0 Å². The van der Waals surface area contributed by atoms with Crippen LogP contribution in [0.4, 0.5) is 13.2 Å². The van der Waals surface area contributed by atoms with Crippen molar-refractivity contribution in [3.63, 3.8) is 0 Å². The van der Waals surface area contributed by atoms with Crippen LogP contribution in [0.15, 0.2) is 30.3 Å². The van der Waals surface area contributed by atoms with Crippen molar-refractivity contribution in [2.45, 2.75) is 19.0 Å². The first-order valence-electron chi connectivity index (χ1n) is 4.92. The van der Waals surface area contributed by atoms with Gasteiger partial charge in [0.05, 0.1) is 0 Å². The number of carbonyl (C=O) groups is 1. The number of aliphatic carboxylic acids is 1. The van der Waals surface area contributed by atoms with Crippen LogP contribution in [-0.2, 0) is 11.2 Å². The lowest BCUT2D eigenvalue weighted by Gasteiger charge is -1.96. The van der Waals surface area contributed by atoms with E-state index >= 15 is 0 Å². The maximum atomic E-state index is 10.6. The summed E-state index contributed by atoms with van der Waals surface area (Å²) < 4.78 is 31.7. The minimum Gasteiger partial charge on any atom is -0.475 e. The Labute approximate surface area is 97.1 Å². The molecule has 17 heavy (non-hydrogen) atoms. The number of carboxylic acids is 1. The zero-order chi connectivity index (χ0) is 13.3. The first-order chi connectivity index (χ1) is 7.88. The molecule has 0 atom stereocenters. The quantitative estimate of drug-likeness (QED) is 0.863. The SMILES string of the molecule is NCCCc1ccccc1.O=C(O)C(F)(F)F. The smallest absolute Gasteiger partial charge is 0.475 e. The highest BCUT2D eigenvalue weighted by molar-refractivity contribution is 5.73. The van der Waals surface area contributed by atoms with Crippen LogP contribution in [0.3, 0.4) is 0 Å². The molecule has 0 aliphatic carbocycles. The van der Waals surface area contributed by atoms with Crippen LogP contribution in [0.2, 0.25) is 0 Å². The standard InChI is InChI=1S/C9H13N.C2HF3O2/c10-8-4-7-9-5-2-1-3-6-9;3-2(4,5)1(6)7/h1-3,5-6H,4,7-8,10H2;(H,6,7). The van der Waals surface area contributed by atoms with E-state index in [4.69, 9.17) is 15.6 Å². The van der Waals surface area contributed by atoms with Crippen molar-refractivity contribution < 1.29 is 23.1 Å². The monoisotopic (exact) mass is 249 g/mol. The molecule has 0 spiro atoms. The number of carboxylic acid groups (broad SMARTS) is 1. The maximum Gasteiger partial charge on any atom is 0.490 e. The predicted octanol–water partition coefficient (Wildman–Crippen LogP) is 2.21. The Balaban J connectivity index is 0.000000325. The van der Waals surface area contributed by atoms with E-state index in [-0.39, 0.29) is 0 Å². The van der Waals surface area contributed by atoms with Crippen LogP contribution in [0, 0.1) is 0 Å². The third kappa shape index (κ3) is 8.27. The Bertz CT molecular complexity index is 325. The van der Waals surface area contributed by atoms with Crippen molar-refractivity contribution in [2.75, 3.05) is 6.54 Å². The lowest BCUT2D eigenvalue weighted by Crippen LogP contribution is -2.21. The van der Waals surface area contributed by atoms with Gasteiger partial charge in [-0.25, -0.2) is 4.79 Å². The molecule has 3 N–H and O–H groups in total. The second-order valence-electron chi connectivity index (χ2n) is 3.18. The number of alkyl halides is 3. The molecule has 0 aromatic heterocycles. The van der Waals surface area contributed by atoms with Crippen molar-refractivity contribution >= 4 is 5.97 Å². The van der Waals surface area contributed by atoms with E-state index < -0.39 is 12.1 Å². The third-order valence-corrected chi connectivity index (χ3v) is 1.75. The summed E-state index contributed by atoms with van der Waals surface area (Å²) in [6.07, 6.45) is -2.89. The van der Waals surface area contributed by atoms with Gasteiger partial charge in [-0.05, 0) is 24.9 Å². The van der Waals surface area contributed by atoms with Gasteiger partial charge < -0.3 is 10.8 Å². The minimum absolute atomic E-state index is 0.787. The summed E-state index contributed by atoms with van der Waals surface area (Å²) in [5.74, 6) is -2.76. The fraction of sp³-hybridized carbons (Fsp3) is 0.364. The van der Waals surface area contributed by atoms with Crippen LogP contribution in [0.1, 0.15) is 12.0 Å². The summed E-state index contributed by atoms with van der Waals surface area (Å²) >= 11 is 0. The number of hydrogen-bond donors (Lipinski definition) is 2. The van der Waals surface area contributed by atoms with Crippen molar-refractivity contribution in [2.24, 2.45) is 5.73 Å². The summed E-state index contributed by atoms with van der Waals surface area (Å²) in [6, 6.07) is 10.4. The molecule has 96 valence electrons. The lowest BCUT2D eigenvalue weighted by atomic mass is 10.1. The van der Waals surface area contributed by atoms with Gasteiger partial charge in [0.15, 0.2) is 0 Å². The Morgan fingerprint density at radius 3 is 2.06 bits per heavy atom. The number of nitrogens with two attached hydrogens (primary N) is 1. The summed E-state index contributed by atoms with van der Waals surface area (Å²) in [4.78, 5) is 8.90. The molecule has 1 aromatic rings. The van der Waals surface area contributed by atoms with Crippen LogP contribution in [-0.4, -0.2) is 23.8 Å². The van der Waals surface area contributed by atoms with E-state index in [0.717, 1.165) is 19.4 Å².